The zero-order chi connectivity index (χ0) is 18.4. The molecule has 0 spiro atoms. The molecule has 2 aliphatic heterocycles. The van der Waals surface area contributed by atoms with Crippen LogP contribution in [0.5, 0.6) is 0 Å². The molecule has 0 radical (unpaired) electrons. The predicted molar refractivity (Wildman–Crippen MR) is 92.8 cm³/mol. The van der Waals surface area contributed by atoms with Gasteiger partial charge in [0.05, 0.1) is 35.9 Å². The molecule has 1 amide bonds. The molecule has 0 aliphatic carbocycles. The SMILES string of the molecule is Cc1nc2c(c(=O)n1C)CN(C(=O)CCN(C)[C@@H]1CCS(=O)(=O)C1)C2. The number of carbonyl (C=O) groups is 1. The summed E-state index contributed by atoms with van der Waals surface area (Å²) in [5.74, 6) is 1.00. The second kappa shape index (κ2) is 6.53. The average molecular weight is 368 g/mol. The summed E-state index contributed by atoms with van der Waals surface area (Å²) in [6.07, 6.45) is 0.932. The fourth-order valence-corrected chi connectivity index (χ4v) is 5.25. The maximum Gasteiger partial charge on any atom is 0.258 e. The molecular weight excluding hydrogens is 344 g/mol. The highest BCUT2D eigenvalue weighted by atomic mass is 32.2. The summed E-state index contributed by atoms with van der Waals surface area (Å²) in [4.78, 5) is 32.8. The van der Waals surface area contributed by atoms with Gasteiger partial charge in [0.1, 0.15) is 5.82 Å². The lowest BCUT2D eigenvalue weighted by atomic mass is 10.2. The monoisotopic (exact) mass is 368 g/mol. The van der Waals surface area contributed by atoms with Gasteiger partial charge in [-0.3, -0.25) is 14.2 Å². The highest BCUT2D eigenvalue weighted by Gasteiger charge is 2.32. The van der Waals surface area contributed by atoms with Crippen LogP contribution in [0, 0.1) is 6.92 Å². The van der Waals surface area contributed by atoms with Gasteiger partial charge in [-0.25, -0.2) is 13.4 Å². The third-order valence-electron chi connectivity index (χ3n) is 5.25. The van der Waals surface area contributed by atoms with Crippen LogP contribution >= 0.6 is 0 Å². The molecule has 1 aromatic heterocycles. The van der Waals surface area contributed by atoms with Crippen molar-refractivity contribution < 1.29 is 13.2 Å². The summed E-state index contributed by atoms with van der Waals surface area (Å²) < 4.78 is 24.6. The van der Waals surface area contributed by atoms with Crippen LogP contribution < -0.4 is 5.56 Å². The first kappa shape index (κ1) is 18.1. The molecule has 1 aromatic rings. The number of rotatable bonds is 4. The van der Waals surface area contributed by atoms with Crippen molar-refractivity contribution in [1.82, 2.24) is 19.4 Å². The Hall–Kier alpha value is -1.74. The van der Waals surface area contributed by atoms with Gasteiger partial charge in [-0.1, -0.05) is 0 Å². The zero-order valence-electron chi connectivity index (χ0n) is 14.9. The van der Waals surface area contributed by atoms with Crippen molar-refractivity contribution in [2.75, 3.05) is 25.1 Å². The van der Waals surface area contributed by atoms with Crippen LogP contribution in [0.4, 0.5) is 0 Å². The Morgan fingerprint density at radius 1 is 1.36 bits per heavy atom. The van der Waals surface area contributed by atoms with Gasteiger partial charge in [0.25, 0.3) is 5.56 Å². The Morgan fingerprint density at radius 3 is 2.72 bits per heavy atom. The van der Waals surface area contributed by atoms with Crippen LogP contribution in [0.2, 0.25) is 0 Å². The van der Waals surface area contributed by atoms with Crippen molar-refractivity contribution >= 4 is 15.7 Å². The van der Waals surface area contributed by atoms with E-state index < -0.39 is 9.84 Å². The molecular formula is C16H24N4O4S. The van der Waals surface area contributed by atoms with E-state index in [0.717, 1.165) is 0 Å². The minimum atomic E-state index is -2.93. The Kier molecular flexibility index (Phi) is 4.72. The van der Waals surface area contributed by atoms with Crippen LogP contribution in [0.25, 0.3) is 0 Å². The molecule has 25 heavy (non-hydrogen) atoms. The molecule has 0 aromatic carbocycles. The van der Waals surface area contributed by atoms with Crippen molar-refractivity contribution in [1.29, 1.82) is 0 Å². The quantitative estimate of drug-likeness (QED) is 0.707. The first-order chi connectivity index (χ1) is 11.7. The number of aryl methyl sites for hydroxylation is 1. The number of nitrogens with zero attached hydrogens (tertiary/aromatic N) is 4. The molecule has 1 saturated heterocycles. The summed E-state index contributed by atoms with van der Waals surface area (Å²) in [6, 6.07) is -0.00909. The molecule has 0 saturated carbocycles. The first-order valence-electron chi connectivity index (χ1n) is 8.42. The third kappa shape index (κ3) is 3.62. The highest BCUT2D eigenvalue weighted by Crippen LogP contribution is 2.20. The molecule has 0 N–H and O–H groups in total. The van der Waals surface area contributed by atoms with Gasteiger partial charge in [-0.15, -0.1) is 0 Å². The number of hydrogen-bond acceptors (Lipinski definition) is 6. The van der Waals surface area contributed by atoms with Gasteiger partial charge >= 0.3 is 0 Å². The normalized spacial score (nSPS) is 21.8. The number of amides is 1. The predicted octanol–water partition coefficient (Wildman–Crippen LogP) is -0.560. The second-order valence-corrected chi connectivity index (χ2v) is 9.21. The zero-order valence-corrected chi connectivity index (χ0v) is 15.7. The van der Waals surface area contributed by atoms with Gasteiger partial charge in [0.2, 0.25) is 5.91 Å². The van der Waals surface area contributed by atoms with E-state index in [1.807, 2.05) is 11.9 Å². The molecule has 9 heteroatoms. The molecule has 3 heterocycles. The summed E-state index contributed by atoms with van der Waals surface area (Å²) in [6.45, 7) is 2.95. The molecule has 0 bridgehead atoms. The smallest absolute Gasteiger partial charge is 0.258 e. The van der Waals surface area contributed by atoms with Crippen LogP contribution in [0.3, 0.4) is 0 Å². The van der Waals surface area contributed by atoms with E-state index in [0.29, 0.717) is 49.6 Å². The molecule has 1 fully saturated rings. The molecule has 1 atom stereocenters. The van der Waals surface area contributed by atoms with E-state index in [1.165, 1.54) is 4.57 Å². The standard InChI is InChI=1S/C16H24N4O4S/c1-11-17-14-9-20(8-13(14)16(22)19(11)3)15(21)4-6-18(2)12-5-7-25(23,24)10-12/h12H,4-10H2,1-3H3/t12-/m1/s1. The van der Waals surface area contributed by atoms with Crippen molar-refractivity contribution in [2.45, 2.75) is 38.9 Å². The Balaban J connectivity index is 1.58. The van der Waals surface area contributed by atoms with Crippen molar-refractivity contribution in [3.8, 4) is 0 Å². The van der Waals surface area contributed by atoms with Gasteiger partial charge in [-0.05, 0) is 20.4 Å². The number of fused-ring (bicyclic) bond motifs is 1. The molecule has 2 aliphatic rings. The van der Waals surface area contributed by atoms with Crippen LogP contribution in [-0.4, -0.2) is 64.8 Å². The van der Waals surface area contributed by atoms with E-state index >= 15 is 0 Å². The van der Waals surface area contributed by atoms with E-state index in [4.69, 9.17) is 0 Å². The van der Waals surface area contributed by atoms with Crippen LogP contribution in [0.1, 0.15) is 29.9 Å². The fourth-order valence-electron chi connectivity index (χ4n) is 3.44. The van der Waals surface area contributed by atoms with Crippen molar-refractivity contribution in [3.05, 3.63) is 27.4 Å². The van der Waals surface area contributed by atoms with Gasteiger partial charge in [0.15, 0.2) is 9.84 Å². The Labute approximate surface area is 147 Å². The van der Waals surface area contributed by atoms with Crippen molar-refractivity contribution in [2.24, 2.45) is 7.05 Å². The molecule has 138 valence electrons. The van der Waals surface area contributed by atoms with E-state index in [9.17, 15) is 18.0 Å². The number of hydrogen-bond donors (Lipinski definition) is 0. The Morgan fingerprint density at radius 2 is 2.08 bits per heavy atom. The lowest BCUT2D eigenvalue weighted by Gasteiger charge is -2.24. The maximum atomic E-state index is 12.5. The second-order valence-electron chi connectivity index (χ2n) is 6.99. The summed E-state index contributed by atoms with van der Waals surface area (Å²) in [5.41, 5.74) is 1.19. The maximum absolute atomic E-state index is 12.5. The largest absolute Gasteiger partial charge is 0.332 e. The van der Waals surface area contributed by atoms with Crippen molar-refractivity contribution in [3.63, 3.8) is 0 Å². The number of carbonyl (C=O) groups excluding carboxylic acids is 1. The third-order valence-corrected chi connectivity index (χ3v) is 7.00. The average Bonchev–Trinajstić information content (AvgIpc) is 3.13. The Bertz CT molecular complexity index is 862. The summed E-state index contributed by atoms with van der Waals surface area (Å²) in [5, 5.41) is 0. The minimum Gasteiger partial charge on any atom is -0.332 e. The van der Waals surface area contributed by atoms with Gasteiger partial charge < -0.3 is 9.80 Å². The van der Waals surface area contributed by atoms with Gasteiger partial charge in [-0.2, -0.15) is 0 Å². The lowest BCUT2D eigenvalue weighted by Crippen LogP contribution is -2.36. The molecule has 8 nitrogen and oxygen atoms in total. The lowest BCUT2D eigenvalue weighted by molar-refractivity contribution is -0.132. The molecule has 3 rings (SSSR count). The number of aromatic nitrogens is 2. The fraction of sp³-hybridized carbons (Fsp3) is 0.688. The van der Waals surface area contributed by atoms with E-state index in [2.05, 4.69) is 4.98 Å². The number of sulfone groups is 1. The topological polar surface area (TPSA) is 92.6 Å². The van der Waals surface area contributed by atoms with Crippen LogP contribution in [0.15, 0.2) is 4.79 Å². The van der Waals surface area contributed by atoms with E-state index in [-0.39, 0.29) is 29.0 Å². The summed E-state index contributed by atoms with van der Waals surface area (Å²) in [7, 11) is 0.614. The van der Waals surface area contributed by atoms with E-state index in [1.54, 1.807) is 18.9 Å². The summed E-state index contributed by atoms with van der Waals surface area (Å²) >= 11 is 0. The first-order valence-corrected chi connectivity index (χ1v) is 10.2. The van der Waals surface area contributed by atoms with Crippen LogP contribution in [-0.2, 0) is 34.8 Å². The van der Waals surface area contributed by atoms with Gasteiger partial charge in [0, 0.05) is 26.1 Å². The highest BCUT2D eigenvalue weighted by molar-refractivity contribution is 7.91. The molecule has 0 unspecified atom stereocenters. The minimum absolute atomic E-state index is 0.00909.